The van der Waals surface area contributed by atoms with Gasteiger partial charge in [0.15, 0.2) is 0 Å². The van der Waals surface area contributed by atoms with Crippen molar-refractivity contribution in [3.63, 3.8) is 0 Å². The van der Waals surface area contributed by atoms with E-state index in [0.717, 1.165) is 6.42 Å². The van der Waals surface area contributed by atoms with Crippen LogP contribution in [-0.2, 0) is 9.78 Å². The third kappa shape index (κ3) is 1.29. The van der Waals surface area contributed by atoms with Gasteiger partial charge in [-0.05, 0) is 12.3 Å². The third-order valence-electron chi connectivity index (χ3n) is 2.01. The topological polar surface area (TPSA) is 58.9 Å². The van der Waals surface area contributed by atoms with Crippen molar-refractivity contribution >= 4 is 0 Å². The van der Waals surface area contributed by atoms with Crippen LogP contribution in [0.15, 0.2) is 0 Å². The van der Waals surface area contributed by atoms with Crippen molar-refractivity contribution in [2.75, 3.05) is 0 Å². The summed E-state index contributed by atoms with van der Waals surface area (Å²) in [5.41, 5.74) is 0. The van der Waals surface area contributed by atoms with E-state index in [9.17, 15) is 0 Å². The zero-order chi connectivity index (χ0) is 7.61. The molecular formula is C6H12O4. The first kappa shape index (κ1) is 7.94. The molecule has 0 amide bonds. The highest BCUT2D eigenvalue weighted by Crippen LogP contribution is 2.36. The van der Waals surface area contributed by atoms with Gasteiger partial charge in [-0.25, -0.2) is 20.3 Å². The Balaban J connectivity index is 2.51. The number of rotatable bonds is 2. The quantitative estimate of drug-likeness (QED) is 0.354. The van der Waals surface area contributed by atoms with Gasteiger partial charge in [0, 0.05) is 12.8 Å². The summed E-state index contributed by atoms with van der Waals surface area (Å²) in [6.45, 7) is 2.01. The fourth-order valence-corrected chi connectivity index (χ4v) is 1.38. The van der Waals surface area contributed by atoms with Crippen molar-refractivity contribution in [2.24, 2.45) is 5.92 Å². The van der Waals surface area contributed by atoms with Gasteiger partial charge >= 0.3 is 0 Å². The summed E-state index contributed by atoms with van der Waals surface area (Å²) < 4.78 is 0. The summed E-state index contributed by atoms with van der Waals surface area (Å²) >= 11 is 0. The molecule has 0 aromatic heterocycles. The van der Waals surface area contributed by atoms with Gasteiger partial charge in [0.25, 0.3) is 0 Å². The van der Waals surface area contributed by atoms with E-state index in [1.54, 1.807) is 0 Å². The molecular weight excluding hydrogens is 136 g/mol. The summed E-state index contributed by atoms with van der Waals surface area (Å²) in [4.78, 5) is 8.09. The van der Waals surface area contributed by atoms with E-state index in [0.29, 0.717) is 18.8 Å². The van der Waals surface area contributed by atoms with E-state index < -0.39 is 5.79 Å². The average molecular weight is 148 g/mol. The van der Waals surface area contributed by atoms with E-state index in [1.807, 2.05) is 6.92 Å². The Morgan fingerprint density at radius 1 is 1.40 bits per heavy atom. The van der Waals surface area contributed by atoms with Crippen molar-refractivity contribution in [3.05, 3.63) is 0 Å². The van der Waals surface area contributed by atoms with Gasteiger partial charge in [-0.1, -0.05) is 6.92 Å². The molecule has 0 heterocycles. The molecule has 60 valence electrons. The predicted molar refractivity (Wildman–Crippen MR) is 33.2 cm³/mol. The minimum Gasteiger partial charge on any atom is -0.249 e. The normalized spacial score (nSPS) is 30.9. The first-order chi connectivity index (χ1) is 4.72. The van der Waals surface area contributed by atoms with Crippen molar-refractivity contribution in [3.8, 4) is 0 Å². The molecule has 1 aliphatic rings. The van der Waals surface area contributed by atoms with Gasteiger partial charge in [0.1, 0.15) is 0 Å². The van der Waals surface area contributed by atoms with Crippen molar-refractivity contribution < 1.29 is 20.3 Å². The Morgan fingerprint density at radius 2 is 2.00 bits per heavy atom. The van der Waals surface area contributed by atoms with Crippen LogP contribution in [0, 0.1) is 5.92 Å². The molecule has 1 atom stereocenters. The van der Waals surface area contributed by atoms with E-state index in [1.165, 1.54) is 0 Å². The maximum Gasteiger partial charge on any atom is 0.233 e. The van der Waals surface area contributed by atoms with E-state index in [4.69, 9.17) is 10.5 Å². The lowest BCUT2D eigenvalue weighted by molar-refractivity contribution is -0.484. The minimum absolute atomic E-state index is 0.430. The Bertz CT molecular complexity index is 110. The lowest BCUT2D eigenvalue weighted by Crippen LogP contribution is -2.30. The van der Waals surface area contributed by atoms with Gasteiger partial charge in [-0.2, -0.15) is 0 Å². The minimum atomic E-state index is -1.14. The molecule has 1 unspecified atom stereocenters. The van der Waals surface area contributed by atoms with Crippen LogP contribution in [0.2, 0.25) is 0 Å². The van der Waals surface area contributed by atoms with E-state index in [2.05, 4.69) is 9.78 Å². The molecule has 4 nitrogen and oxygen atoms in total. The standard InChI is InChI=1S/C6H12O4/c1-5-2-3-6(4-5,9-7)10-8/h5,7-8H,2-4H2,1H3. The molecule has 1 saturated carbocycles. The molecule has 0 aromatic rings. The van der Waals surface area contributed by atoms with Gasteiger partial charge in [0.2, 0.25) is 5.79 Å². The second kappa shape index (κ2) is 2.84. The predicted octanol–water partition coefficient (Wildman–Crippen LogP) is 1.48. The van der Waals surface area contributed by atoms with Crippen LogP contribution in [0.1, 0.15) is 26.2 Å². The molecule has 1 rings (SSSR count). The van der Waals surface area contributed by atoms with Crippen LogP contribution in [0.4, 0.5) is 0 Å². The SMILES string of the molecule is CC1CCC(OO)(OO)C1. The highest BCUT2D eigenvalue weighted by molar-refractivity contribution is 4.79. The molecule has 0 spiro atoms. The maximum absolute atomic E-state index is 8.35. The summed E-state index contributed by atoms with van der Waals surface area (Å²) in [6.07, 6.45) is 1.99. The smallest absolute Gasteiger partial charge is 0.233 e. The molecule has 0 aromatic carbocycles. The van der Waals surface area contributed by atoms with Crippen LogP contribution >= 0.6 is 0 Å². The number of hydrogen-bond acceptors (Lipinski definition) is 4. The molecule has 4 heteroatoms. The van der Waals surface area contributed by atoms with Crippen LogP contribution in [-0.4, -0.2) is 16.3 Å². The molecule has 0 aliphatic heterocycles. The van der Waals surface area contributed by atoms with Crippen LogP contribution in [0.5, 0.6) is 0 Å². The Kier molecular flexibility index (Phi) is 2.25. The lowest BCUT2D eigenvalue weighted by atomic mass is 10.1. The van der Waals surface area contributed by atoms with Crippen molar-refractivity contribution in [1.29, 1.82) is 0 Å². The van der Waals surface area contributed by atoms with E-state index in [-0.39, 0.29) is 0 Å². The third-order valence-corrected chi connectivity index (χ3v) is 2.01. The lowest BCUT2D eigenvalue weighted by Gasteiger charge is -2.20. The first-order valence-corrected chi connectivity index (χ1v) is 3.37. The van der Waals surface area contributed by atoms with E-state index >= 15 is 0 Å². The van der Waals surface area contributed by atoms with Gasteiger partial charge in [-0.3, -0.25) is 0 Å². The molecule has 10 heavy (non-hydrogen) atoms. The Morgan fingerprint density at radius 3 is 2.20 bits per heavy atom. The molecule has 0 radical (unpaired) electrons. The summed E-state index contributed by atoms with van der Waals surface area (Å²) in [5, 5.41) is 16.7. The second-order valence-electron chi connectivity index (χ2n) is 2.94. The highest BCUT2D eigenvalue weighted by Gasteiger charge is 2.41. The zero-order valence-electron chi connectivity index (χ0n) is 5.91. The molecule has 0 bridgehead atoms. The van der Waals surface area contributed by atoms with Gasteiger partial charge in [0.05, 0.1) is 0 Å². The van der Waals surface area contributed by atoms with Crippen LogP contribution < -0.4 is 0 Å². The first-order valence-electron chi connectivity index (χ1n) is 3.37. The molecule has 1 aliphatic carbocycles. The zero-order valence-corrected chi connectivity index (χ0v) is 5.91. The van der Waals surface area contributed by atoms with Gasteiger partial charge in [-0.15, -0.1) is 0 Å². The van der Waals surface area contributed by atoms with Crippen molar-refractivity contribution in [1.82, 2.24) is 0 Å². The summed E-state index contributed by atoms with van der Waals surface area (Å²) in [6, 6.07) is 0. The van der Waals surface area contributed by atoms with Gasteiger partial charge < -0.3 is 0 Å². The summed E-state index contributed by atoms with van der Waals surface area (Å²) in [7, 11) is 0. The van der Waals surface area contributed by atoms with Crippen LogP contribution in [0.25, 0.3) is 0 Å². The average Bonchev–Trinajstić information content (AvgIpc) is 2.33. The van der Waals surface area contributed by atoms with Crippen molar-refractivity contribution in [2.45, 2.75) is 32.0 Å². The number of hydrogen-bond donors (Lipinski definition) is 2. The largest absolute Gasteiger partial charge is 0.249 e. The summed E-state index contributed by atoms with van der Waals surface area (Å²) in [5.74, 6) is -0.710. The second-order valence-corrected chi connectivity index (χ2v) is 2.94. The fourth-order valence-electron chi connectivity index (χ4n) is 1.38. The maximum atomic E-state index is 8.35. The fraction of sp³-hybridized carbons (Fsp3) is 1.00. The Hall–Kier alpha value is -0.160. The molecule has 0 saturated heterocycles. The Labute approximate surface area is 59.2 Å². The molecule has 2 N–H and O–H groups in total. The highest BCUT2D eigenvalue weighted by atomic mass is 17.2. The molecule has 1 fully saturated rings. The monoisotopic (exact) mass is 148 g/mol. The van der Waals surface area contributed by atoms with Crippen LogP contribution in [0.3, 0.4) is 0 Å².